The Hall–Kier alpha value is -3.92. The molecule has 10 heteroatoms. The van der Waals surface area contributed by atoms with Crippen LogP contribution in [-0.4, -0.2) is 41.2 Å². The Kier molecular flexibility index (Phi) is 5.45. The minimum atomic E-state index is -3.94. The van der Waals surface area contributed by atoms with E-state index in [2.05, 4.69) is 10.1 Å². The predicted octanol–water partition coefficient (Wildman–Crippen LogP) is 4.78. The van der Waals surface area contributed by atoms with E-state index in [9.17, 15) is 18.3 Å². The van der Waals surface area contributed by atoms with Crippen LogP contribution in [0.25, 0.3) is 22.2 Å². The monoisotopic (exact) mass is 479 g/mol. The maximum absolute atomic E-state index is 12.6. The van der Waals surface area contributed by atoms with Crippen molar-refractivity contribution in [1.29, 1.82) is 0 Å². The SMILES string of the molecule is Cc1ccc(S(=O)(=O)Oc2ccc3cc(-c4noc([C@@H]5CCCN5C(=O)O)n4)ccc3c2)cc1. The number of benzene rings is 3. The summed E-state index contributed by atoms with van der Waals surface area (Å²) in [5.41, 5.74) is 1.65. The highest BCUT2D eigenvalue weighted by molar-refractivity contribution is 7.87. The van der Waals surface area contributed by atoms with Gasteiger partial charge in [-0.2, -0.15) is 13.4 Å². The molecule has 1 aromatic heterocycles. The fourth-order valence-corrected chi connectivity index (χ4v) is 4.96. The summed E-state index contributed by atoms with van der Waals surface area (Å²) in [6.45, 7) is 2.32. The molecule has 4 aromatic rings. The van der Waals surface area contributed by atoms with E-state index in [1.54, 1.807) is 36.4 Å². The molecule has 9 nitrogen and oxygen atoms in total. The second-order valence-corrected chi connectivity index (χ2v) is 9.71. The van der Waals surface area contributed by atoms with Gasteiger partial charge in [0.15, 0.2) is 0 Å². The summed E-state index contributed by atoms with van der Waals surface area (Å²) < 4.78 is 35.8. The molecule has 1 fully saturated rings. The first-order valence-corrected chi connectivity index (χ1v) is 12.1. The lowest BCUT2D eigenvalue weighted by Gasteiger charge is -2.17. The van der Waals surface area contributed by atoms with E-state index in [1.165, 1.54) is 17.0 Å². The number of carbonyl (C=O) groups is 1. The molecular weight excluding hydrogens is 458 g/mol. The van der Waals surface area contributed by atoms with Gasteiger partial charge >= 0.3 is 16.2 Å². The van der Waals surface area contributed by atoms with E-state index in [-0.39, 0.29) is 16.5 Å². The highest BCUT2D eigenvalue weighted by Gasteiger charge is 2.34. The highest BCUT2D eigenvalue weighted by atomic mass is 32.2. The maximum atomic E-state index is 12.6. The topological polar surface area (TPSA) is 123 Å². The zero-order chi connectivity index (χ0) is 23.9. The third kappa shape index (κ3) is 4.19. The Morgan fingerprint density at radius 3 is 2.59 bits per heavy atom. The minimum absolute atomic E-state index is 0.0881. The smallest absolute Gasteiger partial charge is 0.407 e. The minimum Gasteiger partial charge on any atom is -0.465 e. The lowest BCUT2D eigenvalue weighted by molar-refractivity contribution is 0.131. The third-order valence-corrected chi connectivity index (χ3v) is 7.07. The van der Waals surface area contributed by atoms with Crippen molar-refractivity contribution in [1.82, 2.24) is 15.0 Å². The van der Waals surface area contributed by atoms with Gasteiger partial charge in [-0.3, -0.25) is 4.90 Å². The van der Waals surface area contributed by atoms with Crippen LogP contribution in [0, 0.1) is 6.92 Å². The predicted molar refractivity (Wildman–Crippen MR) is 123 cm³/mol. The van der Waals surface area contributed by atoms with Crippen LogP contribution < -0.4 is 4.18 Å². The van der Waals surface area contributed by atoms with E-state index in [4.69, 9.17) is 8.71 Å². The summed E-state index contributed by atoms with van der Waals surface area (Å²) in [4.78, 5) is 17.2. The van der Waals surface area contributed by atoms with Crippen molar-refractivity contribution < 1.29 is 27.0 Å². The van der Waals surface area contributed by atoms with Crippen molar-refractivity contribution in [3.63, 3.8) is 0 Å². The summed E-state index contributed by atoms with van der Waals surface area (Å²) in [6.07, 6.45) is 0.379. The zero-order valence-electron chi connectivity index (χ0n) is 18.2. The van der Waals surface area contributed by atoms with E-state index in [1.807, 2.05) is 19.1 Å². The van der Waals surface area contributed by atoms with Gasteiger partial charge in [-0.05, 0) is 60.9 Å². The molecule has 2 heterocycles. The number of aryl methyl sites for hydroxylation is 1. The molecule has 0 saturated carbocycles. The van der Waals surface area contributed by atoms with E-state index in [0.29, 0.717) is 24.4 Å². The molecule has 1 saturated heterocycles. The van der Waals surface area contributed by atoms with Crippen LogP contribution >= 0.6 is 0 Å². The fraction of sp³-hybridized carbons (Fsp3) is 0.208. The van der Waals surface area contributed by atoms with Crippen molar-refractivity contribution in [3.05, 3.63) is 72.1 Å². The maximum Gasteiger partial charge on any atom is 0.407 e. The van der Waals surface area contributed by atoms with Gasteiger partial charge in [-0.15, -0.1) is 0 Å². The zero-order valence-corrected chi connectivity index (χ0v) is 19.0. The summed E-state index contributed by atoms with van der Waals surface area (Å²) in [5.74, 6) is 0.842. The molecule has 0 aliphatic carbocycles. The van der Waals surface area contributed by atoms with Gasteiger partial charge in [0.25, 0.3) is 0 Å². The standard InChI is InChI=1S/C24H21N3O6S/c1-15-4-10-20(11-5-15)34(30,31)33-19-9-8-16-13-18(7-6-17(16)14-19)22-25-23(32-26-22)21-3-2-12-27(21)24(28)29/h4-11,13-14,21H,2-3,12H2,1H3,(H,28,29)/t21-/m0/s1. The summed E-state index contributed by atoms with van der Waals surface area (Å²) in [7, 11) is -3.94. The molecule has 0 bridgehead atoms. The average Bonchev–Trinajstić information content (AvgIpc) is 3.48. The van der Waals surface area contributed by atoms with Crippen molar-refractivity contribution in [2.45, 2.75) is 30.7 Å². The van der Waals surface area contributed by atoms with Crippen LogP contribution in [0.15, 0.2) is 70.1 Å². The second kappa shape index (κ2) is 8.45. The number of aromatic nitrogens is 2. The summed E-state index contributed by atoms with van der Waals surface area (Å²) in [5, 5.41) is 15.0. The summed E-state index contributed by atoms with van der Waals surface area (Å²) in [6, 6.07) is 16.5. The van der Waals surface area contributed by atoms with Gasteiger partial charge in [0.05, 0.1) is 0 Å². The fourth-order valence-electron chi connectivity index (χ4n) is 4.03. The Bertz CT molecular complexity index is 1480. The van der Waals surface area contributed by atoms with E-state index in [0.717, 1.165) is 22.8 Å². The number of hydrogen-bond donors (Lipinski definition) is 1. The first-order chi connectivity index (χ1) is 16.3. The van der Waals surface area contributed by atoms with Gasteiger partial charge in [0.1, 0.15) is 16.7 Å². The van der Waals surface area contributed by atoms with Gasteiger partial charge in [0, 0.05) is 12.1 Å². The summed E-state index contributed by atoms with van der Waals surface area (Å²) >= 11 is 0. The van der Waals surface area contributed by atoms with Crippen molar-refractivity contribution in [3.8, 4) is 17.1 Å². The molecule has 0 unspecified atom stereocenters. The lowest BCUT2D eigenvalue weighted by atomic mass is 10.1. The van der Waals surface area contributed by atoms with Crippen LogP contribution in [0.1, 0.15) is 30.3 Å². The Labute approximate surface area is 195 Å². The number of amides is 1. The van der Waals surface area contributed by atoms with Gasteiger partial charge in [-0.1, -0.05) is 41.1 Å². The molecule has 1 amide bonds. The van der Waals surface area contributed by atoms with Crippen LogP contribution in [0.3, 0.4) is 0 Å². The first-order valence-electron chi connectivity index (χ1n) is 10.7. The molecule has 0 spiro atoms. The number of fused-ring (bicyclic) bond motifs is 1. The molecule has 3 aromatic carbocycles. The molecule has 34 heavy (non-hydrogen) atoms. The Morgan fingerprint density at radius 1 is 1.09 bits per heavy atom. The van der Waals surface area contributed by atoms with Gasteiger partial charge < -0.3 is 13.8 Å². The van der Waals surface area contributed by atoms with Crippen molar-refractivity contribution >= 4 is 27.0 Å². The molecule has 1 aliphatic heterocycles. The van der Waals surface area contributed by atoms with Gasteiger partial charge in [-0.25, -0.2) is 4.79 Å². The number of carboxylic acid groups (broad SMARTS) is 1. The van der Waals surface area contributed by atoms with E-state index >= 15 is 0 Å². The van der Waals surface area contributed by atoms with Crippen LogP contribution in [0.2, 0.25) is 0 Å². The second-order valence-electron chi connectivity index (χ2n) is 8.16. The first kappa shape index (κ1) is 21.9. The molecular formula is C24H21N3O6S. The number of hydrogen-bond acceptors (Lipinski definition) is 7. The number of likely N-dealkylation sites (tertiary alicyclic amines) is 1. The van der Waals surface area contributed by atoms with Crippen molar-refractivity contribution in [2.75, 3.05) is 6.54 Å². The third-order valence-electron chi connectivity index (χ3n) is 5.81. The number of rotatable bonds is 5. The van der Waals surface area contributed by atoms with Crippen LogP contribution in [-0.2, 0) is 10.1 Å². The normalized spacial score (nSPS) is 16.1. The quantitative estimate of drug-likeness (QED) is 0.406. The Morgan fingerprint density at radius 2 is 1.82 bits per heavy atom. The molecule has 5 rings (SSSR count). The van der Waals surface area contributed by atoms with Crippen LogP contribution in [0.5, 0.6) is 5.75 Å². The highest BCUT2D eigenvalue weighted by Crippen LogP contribution is 2.33. The number of nitrogens with zero attached hydrogens (tertiary/aromatic N) is 3. The average molecular weight is 480 g/mol. The van der Waals surface area contributed by atoms with E-state index < -0.39 is 22.3 Å². The van der Waals surface area contributed by atoms with Crippen molar-refractivity contribution in [2.24, 2.45) is 0 Å². The molecule has 0 radical (unpaired) electrons. The lowest BCUT2D eigenvalue weighted by Crippen LogP contribution is -2.28. The molecule has 1 N–H and O–H groups in total. The molecule has 1 atom stereocenters. The van der Waals surface area contributed by atoms with Gasteiger partial charge in [0.2, 0.25) is 11.7 Å². The largest absolute Gasteiger partial charge is 0.465 e. The van der Waals surface area contributed by atoms with Crippen LogP contribution in [0.4, 0.5) is 4.79 Å². The molecule has 174 valence electrons. The Balaban J connectivity index is 1.38. The molecule has 1 aliphatic rings.